The summed E-state index contributed by atoms with van der Waals surface area (Å²) in [5, 5.41) is 3.13. The van der Waals surface area contributed by atoms with Crippen molar-refractivity contribution in [2.24, 2.45) is 0 Å². The van der Waals surface area contributed by atoms with Gasteiger partial charge in [-0.15, -0.1) is 0 Å². The summed E-state index contributed by atoms with van der Waals surface area (Å²) < 4.78 is 4.61. The third kappa shape index (κ3) is 3.42. The smallest absolute Gasteiger partial charge is 0.354 e. The third-order valence-electron chi connectivity index (χ3n) is 3.81. The molecule has 0 aliphatic carbocycles. The van der Waals surface area contributed by atoms with Gasteiger partial charge in [0.2, 0.25) is 0 Å². The van der Waals surface area contributed by atoms with E-state index in [2.05, 4.69) is 15.0 Å². The first-order valence-electron chi connectivity index (χ1n) is 7.61. The summed E-state index contributed by atoms with van der Waals surface area (Å²) in [6, 6.07) is 13.2. The number of ether oxygens (including phenoxy) is 1. The number of hydrogen-bond acceptors (Lipinski definition) is 4. The van der Waals surface area contributed by atoms with Gasteiger partial charge in [-0.05, 0) is 37.3 Å². The molecule has 0 spiro atoms. The molecule has 25 heavy (non-hydrogen) atoms. The number of carbonyl (C=O) groups excluding carboxylic acids is 2. The van der Waals surface area contributed by atoms with E-state index in [-0.39, 0.29) is 17.0 Å². The number of benzene rings is 2. The molecule has 2 aromatic carbocycles. The highest BCUT2D eigenvalue weighted by atomic mass is 16.5. The van der Waals surface area contributed by atoms with Crippen LogP contribution >= 0.6 is 0 Å². The SMILES string of the molecule is COC(=O)c1cc(=O)c2cc(NC(=O)c3ccc(C)cc3)ccc2[nH]1. The van der Waals surface area contributed by atoms with Gasteiger partial charge in [-0.2, -0.15) is 0 Å². The van der Waals surface area contributed by atoms with Crippen molar-refractivity contribution in [1.29, 1.82) is 0 Å². The van der Waals surface area contributed by atoms with Crippen molar-refractivity contribution < 1.29 is 14.3 Å². The summed E-state index contributed by atoms with van der Waals surface area (Å²) >= 11 is 0. The summed E-state index contributed by atoms with van der Waals surface area (Å²) in [7, 11) is 1.24. The fraction of sp³-hybridized carbons (Fsp3) is 0.105. The van der Waals surface area contributed by atoms with Crippen LogP contribution in [0.5, 0.6) is 0 Å². The number of amides is 1. The van der Waals surface area contributed by atoms with Gasteiger partial charge in [0.15, 0.2) is 5.43 Å². The Morgan fingerprint density at radius 3 is 2.44 bits per heavy atom. The van der Waals surface area contributed by atoms with Gasteiger partial charge in [0.1, 0.15) is 5.69 Å². The first-order valence-corrected chi connectivity index (χ1v) is 7.61. The second kappa shape index (κ2) is 6.60. The molecule has 1 amide bonds. The highest BCUT2D eigenvalue weighted by Crippen LogP contribution is 2.17. The molecule has 6 heteroatoms. The van der Waals surface area contributed by atoms with Crippen molar-refractivity contribution in [2.45, 2.75) is 6.92 Å². The number of esters is 1. The second-order valence-corrected chi connectivity index (χ2v) is 5.62. The molecular weight excluding hydrogens is 320 g/mol. The average molecular weight is 336 g/mol. The largest absolute Gasteiger partial charge is 0.464 e. The summed E-state index contributed by atoms with van der Waals surface area (Å²) in [6.07, 6.45) is 0. The van der Waals surface area contributed by atoms with E-state index in [0.29, 0.717) is 22.2 Å². The summed E-state index contributed by atoms with van der Waals surface area (Å²) in [4.78, 5) is 38.9. The fourth-order valence-electron chi connectivity index (χ4n) is 2.45. The maximum absolute atomic E-state index is 12.3. The van der Waals surface area contributed by atoms with E-state index in [4.69, 9.17) is 0 Å². The summed E-state index contributed by atoms with van der Waals surface area (Å²) in [6.45, 7) is 1.94. The predicted octanol–water partition coefficient (Wildman–Crippen LogP) is 2.88. The lowest BCUT2D eigenvalue weighted by Gasteiger charge is -2.08. The number of hydrogen-bond donors (Lipinski definition) is 2. The standard InChI is InChI=1S/C19H16N2O4/c1-11-3-5-12(6-4-11)18(23)20-13-7-8-15-14(9-13)17(22)10-16(21-15)19(24)25-2/h3-10H,1-2H3,(H,20,23)(H,21,22). The molecule has 0 aliphatic rings. The van der Waals surface area contributed by atoms with Crippen molar-refractivity contribution in [2.75, 3.05) is 12.4 Å². The molecule has 0 aliphatic heterocycles. The molecule has 0 radical (unpaired) electrons. The van der Waals surface area contributed by atoms with E-state index < -0.39 is 5.97 Å². The van der Waals surface area contributed by atoms with Crippen molar-refractivity contribution in [3.05, 3.63) is 75.6 Å². The van der Waals surface area contributed by atoms with Crippen molar-refractivity contribution in [3.63, 3.8) is 0 Å². The molecule has 6 nitrogen and oxygen atoms in total. The quantitative estimate of drug-likeness (QED) is 0.720. The molecule has 3 rings (SSSR count). The van der Waals surface area contributed by atoms with Crippen molar-refractivity contribution in [1.82, 2.24) is 4.98 Å². The number of anilines is 1. The van der Waals surface area contributed by atoms with Crippen molar-refractivity contribution in [3.8, 4) is 0 Å². The minimum absolute atomic E-state index is 0.0800. The van der Waals surface area contributed by atoms with Crippen LogP contribution in [0.15, 0.2) is 53.3 Å². The van der Waals surface area contributed by atoms with E-state index in [0.717, 1.165) is 5.56 Å². The number of carbonyl (C=O) groups is 2. The van der Waals surface area contributed by atoms with Crippen LogP contribution in [0.3, 0.4) is 0 Å². The maximum Gasteiger partial charge on any atom is 0.354 e. The van der Waals surface area contributed by atoms with Gasteiger partial charge < -0.3 is 15.0 Å². The Morgan fingerprint density at radius 2 is 1.76 bits per heavy atom. The number of methoxy groups -OCH3 is 1. The zero-order valence-corrected chi connectivity index (χ0v) is 13.8. The fourth-order valence-corrected chi connectivity index (χ4v) is 2.45. The van der Waals surface area contributed by atoms with Crippen LogP contribution in [-0.4, -0.2) is 24.0 Å². The molecule has 3 aromatic rings. The summed E-state index contributed by atoms with van der Waals surface area (Å²) in [5.41, 5.74) is 2.32. The normalized spacial score (nSPS) is 10.5. The van der Waals surface area contributed by atoms with Gasteiger partial charge in [-0.3, -0.25) is 9.59 Å². The highest BCUT2D eigenvalue weighted by molar-refractivity contribution is 6.05. The van der Waals surface area contributed by atoms with E-state index in [1.807, 2.05) is 19.1 Å². The zero-order valence-electron chi connectivity index (χ0n) is 13.8. The maximum atomic E-state index is 12.3. The Hall–Kier alpha value is -3.41. The Bertz CT molecular complexity index is 1020. The van der Waals surface area contributed by atoms with E-state index in [9.17, 15) is 14.4 Å². The molecule has 0 saturated carbocycles. The van der Waals surface area contributed by atoms with Gasteiger partial charge in [0, 0.05) is 22.7 Å². The minimum atomic E-state index is -0.615. The Kier molecular flexibility index (Phi) is 4.35. The Labute approximate surface area is 143 Å². The number of nitrogens with one attached hydrogen (secondary N) is 2. The molecule has 1 heterocycles. The molecule has 1 aromatic heterocycles. The van der Waals surface area contributed by atoms with Gasteiger partial charge in [0.25, 0.3) is 5.91 Å². The lowest BCUT2D eigenvalue weighted by Crippen LogP contribution is -2.14. The molecule has 0 atom stereocenters. The number of pyridine rings is 1. The summed E-state index contributed by atoms with van der Waals surface area (Å²) in [5.74, 6) is -0.877. The van der Waals surface area contributed by atoms with Crippen molar-refractivity contribution >= 4 is 28.5 Å². The van der Waals surface area contributed by atoms with Crippen LogP contribution in [0, 0.1) is 6.92 Å². The van der Waals surface area contributed by atoms with Gasteiger partial charge >= 0.3 is 5.97 Å². The predicted molar refractivity (Wildman–Crippen MR) is 95.0 cm³/mol. The van der Waals surface area contributed by atoms with Gasteiger partial charge in [0.05, 0.1) is 12.6 Å². The first kappa shape index (κ1) is 16.4. The Morgan fingerprint density at radius 1 is 1.04 bits per heavy atom. The van der Waals surface area contributed by atoms with Crippen LogP contribution in [0.1, 0.15) is 26.4 Å². The van der Waals surface area contributed by atoms with Crippen LogP contribution < -0.4 is 10.7 Å². The molecular formula is C19H16N2O4. The Balaban J connectivity index is 1.92. The lowest BCUT2D eigenvalue weighted by atomic mass is 10.1. The van der Waals surface area contributed by atoms with Gasteiger partial charge in [-0.25, -0.2) is 4.79 Å². The molecule has 126 valence electrons. The first-order chi connectivity index (χ1) is 12.0. The van der Waals surface area contributed by atoms with Crippen LogP contribution in [-0.2, 0) is 4.74 Å². The minimum Gasteiger partial charge on any atom is -0.464 e. The van der Waals surface area contributed by atoms with Crippen LogP contribution in [0.25, 0.3) is 10.9 Å². The van der Waals surface area contributed by atoms with E-state index in [1.54, 1.807) is 30.3 Å². The second-order valence-electron chi connectivity index (χ2n) is 5.62. The topological polar surface area (TPSA) is 88.3 Å². The highest BCUT2D eigenvalue weighted by Gasteiger charge is 2.11. The van der Waals surface area contributed by atoms with E-state index in [1.165, 1.54) is 13.2 Å². The third-order valence-corrected chi connectivity index (χ3v) is 3.81. The van der Waals surface area contributed by atoms with Crippen LogP contribution in [0.4, 0.5) is 5.69 Å². The number of aromatic nitrogens is 1. The number of aryl methyl sites for hydroxylation is 1. The number of fused-ring (bicyclic) bond motifs is 1. The molecule has 0 saturated heterocycles. The number of H-pyrrole nitrogens is 1. The molecule has 0 fully saturated rings. The van der Waals surface area contributed by atoms with E-state index >= 15 is 0 Å². The number of aromatic amines is 1. The zero-order chi connectivity index (χ0) is 18.0. The van der Waals surface area contributed by atoms with Gasteiger partial charge in [-0.1, -0.05) is 17.7 Å². The number of rotatable bonds is 3. The molecule has 2 N–H and O–H groups in total. The monoisotopic (exact) mass is 336 g/mol. The molecule has 0 unspecified atom stereocenters. The average Bonchev–Trinajstić information content (AvgIpc) is 2.61. The van der Waals surface area contributed by atoms with Crippen LogP contribution in [0.2, 0.25) is 0 Å². The molecule has 0 bridgehead atoms. The lowest BCUT2D eigenvalue weighted by molar-refractivity contribution is 0.0594.